The number of hydrogen-bond donors (Lipinski definition) is 2. The van der Waals surface area contributed by atoms with Crippen LogP contribution in [0.3, 0.4) is 0 Å². The Labute approximate surface area is 238 Å². The minimum atomic E-state index is -0.00831. The second-order valence-electron chi connectivity index (χ2n) is 11.0. The van der Waals surface area contributed by atoms with Gasteiger partial charge in [0.1, 0.15) is 5.82 Å². The van der Waals surface area contributed by atoms with Gasteiger partial charge in [-0.05, 0) is 42.9 Å². The number of para-hydroxylation sites is 1. The van der Waals surface area contributed by atoms with E-state index in [9.17, 15) is 0 Å². The molecule has 0 aliphatic heterocycles. The van der Waals surface area contributed by atoms with Gasteiger partial charge in [-0.2, -0.15) is 0 Å². The number of pyridine rings is 1. The van der Waals surface area contributed by atoms with Gasteiger partial charge in [0.2, 0.25) is 0 Å². The Bertz CT molecular complexity index is 1310. The van der Waals surface area contributed by atoms with Gasteiger partial charge in [0.25, 0.3) is 0 Å². The molecule has 0 unspecified atom stereocenters. The Morgan fingerprint density at radius 3 is 2.12 bits per heavy atom. The third kappa shape index (κ3) is 8.04. The van der Waals surface area contributed by atoms with Crippen LogP contribution in [-0.4, -0.2) is 50.4 Å². The van der Waals surface area contributed by atoms with E-state index >= 15 is 0 Å². The minimum Gasteiger partial charge on any atom is -0.377 e. The number of hydrogen-bond acceptors (Lipinski definition) is 6. The third-order valence-corrected chi connectivity index (χ3v) is 7.63. The third-order valence-electron chi connectivity index (χ3n) is 7.63. The number of nitrogens with one attached hydrogen (secondary N) is 2. The fourth-order valence-corrected chi connectivity index (χ4v) is 5.39. The number of nitrogens with zero attached hydrogens (tertiary/aromatic N) is 2. The molecule has 6 nitrogen and oxygen atoms in total. The lowest BCUT2D eigenvalue weighted by molar-refractivity contribution is -0.0299. The second-order valence-corrected chi connectivity index (χ2v) is 11.0. The number of benzene rings is 3. The van der Waals surface area contributed by atoms with Crippen molar-refractivity contribution in [2.45, 2.75) is 57.1 Å². The predicted octanol–water partition coefficient (Wildman–Crippen LogP) is 6.42. The smallest absolute Gasteiger partial charge is 0.128 e. The zero-order chi connectivity index (χ0) is 27.6. The predicted molar refractivity (Wildman–Crippen MR) is 165 cm³/mol. The standard InChI is InChI=1S/C34H42N4O2/c1-38(2)33-21-34(37-32-16-10-9-15-31(32)33)36-29-19-17-28(18-20-29)35-22-30(40-24-27-13-7-4-8-14-27)25-39-23-26-11-5-3-6-12-26/h3-16,21,28-30,35H,17-20,22-25H2,1-2H3,(H,36,37)/t28-,29+,30-/m0/s1. The summed E-state index contributed by atoms with van der Waals surface area (Å²) in [6, 6.07) is 32.1. The highest BCUT2D eigenvalue weighted by Crippen LogP contribution is 2.29. The van der Waals surface area contributed by atoms with Crippen LogP contribution in [-0.2, 0) is 22.7 Å². The van der Waals surface area contributed by atoms with Crippen LogP contribution in [0.15, 0.2) is 91.0 Å². The normalized spacial score (nSPS) is 17.9. The summed E-state index contributed by atoms with van der Waals surface area (Å²) >= 11 is 0. The molecule has 6 heteroatoms. The molecule has 1 atom stereocenters. The number of fused-ring (bicyclic) bond motifs is 1. The van der Waals surface area contributed by atoms with Crippen molar-refractivity contribution in [3.63, 3.8) is 0 Å². The molecule has 0 bridgehead atoms. The second kappa shape index (κ2) is 14.3. The van der Waals surface area contributed by atoms with E-state index in [-0.39, 0.29) is 6.10 Å². The van der Waals surface area contributed by atoms with Crippen LogP contribution in [0.4, 0.5) is 11.5 Å². The molecule has 1 aliphatic carbocycles. The van der Waals surface area contributed by atoms with E-state index in [1.165, 1.54) is 22.2 Å². The number of anilines is 2. The molecule has 0 radical (unpaired) electrons. The lowest BCUT2D eigenvalue weighted by Crippen LogP contribution is -2.42. The first kappa shape index (κ1) is 28.1. The molecule has 1 fully saturated rings. The van der Waals surface area contributed by atoms with Crippen LogP contribution in [0.1, 0.15) is 36.8 Å². The van der Waals surface area contributed by atoms with E-state index in [2.05, 4.69) is 96.4 Å². The summed E-state index contributed by atoms with van der Waals surface area (Å²) in [4.78, 5) is 7.07. The van der Waals surface area contributed by atoms with Crippen LogP contribution in [0, 0.1) is 0 Å². The Hall–Kier alpha value is -3.45. The van der Waals surface area contributed by atoms with Crippen molar-refractivity contribution >= 4 is 22.4 Å². The summed E-state index contributed by atoms with van der Waals surface area (Å²) in [5.74, 6) is 0.962. The van der Waals surface area contributed by atoms with Gasteiger partial charge in [0.15, 0.2) is 0 Å². The van der Waals surface area contributed by atoms with E-state index in [1.54, 1.807) is 0 Å². The van der Waals surface area contributed by atoms with Gasteiger partial charge in [-0.3, -0.25) is 0 Å². The van der Waals surface area contributed by atoms with Crippen molar-refractivity contribution in [2.75, 3.05) is 37.5 Å². The van der Waals surface area contributed by atoms with E-state index < -0.39 is 0 Å². The molecule has 2 N–H and O–H groups in total. The first-order valence-corrected chi connectivity index (χ1v) is 14.5. The van der Waals surface area contributed by atoms with E-state index in [1.807, 2.05) is 24.3 Å². The van der Waals surface area contributed by atoms with Gasteiger partial charge in [-0.25, -0.2) is 4.98 Å². The molecule has 3 aromatic carbocycles. The Kier molecular flexibility index (Phi) is 10.0. The quantitative estimate of drug-likeness (QED) is 0.205. The first-order chi connectivity index (χ1) is 19.6. The summed E-state index contributed by atoms with van der Waals surface area (Å²) in [5.41, 5.74) is 4.59. The molecule has 1 aliphatic rings. The maximum Gasteiger partial charge on any atom is 0.128 e. The fourth-order valence-electron chi connectivity index (χ4n) is 5.39. The lowest BCUT2D eigenvalue weighted by atomic mass is 9.91. The van der Waals surface area contributed by atoms with Gasteiger partial charge in [-0.15, -0.1) is 0 Å². The Morgan fingerprint density at radius 2 is 1.43 bits per heavy atom. The monoisotopic (exact) mass is 538 g/mol. The van der Waals surface area contributed by atoms with Gasteiger partial charge >= 0.3 is 0 Å². The molecule has 1 aromatic heterocycles. The van der Waals surface area contributed by atoms with Crippen LogP contribution in [0.2, 0.25) is 0 Å². The SMILES string of the molecule is CN(C)c1cc(N[C@H]2CC[C@@H](NC[C@@H](COCc3ccccc3)OCc3ccccc3)CC2)nc2ccccc12. The Morgan fingerprint density at radius 1 is 0.800 bits per heavy atom. The van der Waals surface area contributed by atoms with Crippen molar-refractivity contribution in [2.24, 2.45) is 0 Å². The van der Waals surface area contributed by atoms with Crippen LogP contribution < -0.4 is 15.5 Å². The highest BCUT2D eigenvalue weighted by Gasteiger charge is 2.23. The largest absolute Gasteiger partial charge is 0.377 e. The topological polar surface area (TPSA) is 58.7 Å². The summed E-state index contributed by atoms with van der Waals surface area (Å²) in [6.07, 6.45) is 4.47. The number of rotatable bonds is 13. The van der Waals surface area contributed by atoms with Crippen LogP contribution >= 0.6 is 0 Å². The number of ether oxygens (including phenoxy) is 2. The highest BCUT2D eigenvalue weighted by atomic mass is 16.5. The van der Waals surface area contributed by atoms with Gasteiger partial charge < -0.3 is 25.0 Å². The summed E-state index contributed by atoms with van der Waals surface area (Å²) in [5, 5.41) is 8.69. The van der Waals surface area contributed by atoms with Crippen molar-refractivity contribution in [1.29, 1.82) is 0 Å². The molecule has 4 aromatic rings. The molecule has 1 saturated carbocycles. The fraction of sp³-hybridized carbons (Fsp3) is 0.382. The van der Waals surface area contributed by atoms with Gasteiger partial charge in [0, 0.05) is 49.9 Å². The highest BCUT2D eigenvalue weighted by molar-refractivity contribution is 5.93. The average molecular weight is 539 g/mol. The molecular weight excluding hydrogens is 496 g/mol. The van der Waals surface area contributed by atoms with Crippen LogP contribution in [0.25, 0.3) is 10.9 Å². The molecule has 0 amide bonds. The molecule has 0 saturated heterocycles. The van der Waals surface area contributed by atoms with Crippen molar-refractivity contribution in [3.05, 3.63) is 102 Å². The molecule has 5 rings (SSSR count). The zero-order valence-electron chi connectivity index (χ0n) is 23.8. The summed E-state index contributed by atoms with van der Waals surface area (Å²) in [6.45, 7) is 2.53. The van der Waals surface area contributed by atoms with Crippen molar-refractivity contribution in [1.82, 2.24) is 10.3 Å². The first-order valence-electron chi connectivity index (χ1n) is 14.5. The zero-order valence-corrected chi connectivity index (χ0v) is 23.8. The van der Waals surface area contributed by atoms with Crippen molar-refractivity contribution in [3.8, 4) is 0 Å². The summed E-state index contributed by atoms with van der Waals surface area (Å²) < 4.78 is 12.4. The summed E-state index contributed by atoms with van der Waals surface area (Å²) in [7, 11) is 4.18. The number of aromatic nitrogens is 1. The van der Waals surface area contributed by atoms with E-state index in [0.29, 0.717) is 31.9 Å². The van der Waals surface area contributed by atoms with Crippen LogP contribution in [0.5, 0.6) is 0 Å². The van der Waals surface area contributed by atoms with E-state index in [4.69, 9.17) is 14.5 Å². The maximum atomic E-state index is 6.31. The Balaban J connectivity index is 1.11. The van der Waals surface area contributed by atoms with Gasteiger partial charge in [0.05, 0.1) is 31.4 Å². The van der Waals surface area contributed by atoms with Crippen molar-refractivity contribution < 1.29 is 9.47 Å². The maximum absolute atomic E-state index is 6.31. The molecule has 1 heterocycles. The molecule has 40 heavy (non-hydrogen) atoms. The van der Waals surface area contributed by atoms with Gasteiger partial charge in [-0.1, -0.05) is 78.9 Å². The van der Waals surface area contributed by atoms with E-state index in [0.717, 1.165) is 43.6 Å². The minimum absolute atomic E-state index is 0.00831. The molecule has 210 valence electrons. The molecule has 0 spiro atoms. The lowest BCUT2D eigenvalue weighted by Gasteiger charge is -2.31. The molecular formula is C34H42N4O2. The average Bonchev–Trinajstić information content (AvgIpc) is 2.99.